The third-order valence-corrected chi connectivity index (χ3v) is 5.29. The van der Waals surface area contributed by atoms with E-state index in [2.05, 4.69) is 27.7 Å². The van der Waals surface area contributed by atoms with E-state index in [4.69, 9.17) is 0 Å². The van der Waals surface area contributed by atoms with Crippen molar-refractivity contribution in [1.82, 2.24) is 0 Å². The van der Waals surface area contributed by atoms with E-state index in [0.29, 0.717) is 0 Å². The minimum atomic E-state index is 1.29. The monoisotopic (exact) mass is 300 g/mol. The van der Waals surface area contributed by atoms with E-state index < -0.39 is 0 Å². The summed E-state index contributed by atoms with van der Waals surface area (Å²) in [6, 6.07) is 0. The summed E-state index contributed by atoms with van der Waals surface area (Å²) in [7, 11) is 0. The molecule has 0 heterocycles. The molecule has 0 aromatic heterocycles. The fraction of sp³-hybridized carbons (Fsp3) is 0.727. The second-order valence-electron chi connectivity index (χ2n) is 7.08. The quantitative estimate of drug-likeness (QED) is 0.523. The molecule has 0 spiro atoms. The highest BCUT2D eigenvalue weighted by molar-refractivity contribution is 5.53. The van der Waals surface area contributed by atoms with Crippen molar-refractivity contribution >= 4 is 0 Å². The molecule has 0 nitrogen and oxygen atoms in total. The summed E-state index contributed by atoms with van der Waals surface area (Å²) in [5, 5.41) is 0. The van der Waals surface area contributed by atoms with Crippen molar-refractivity contribution in [2.24, 2.45) is 0 Å². The molecule has 1 aliphatic rings. The van der Waals surface area contributed by atoms with Gasteiger partial charge in [0.25, 0.3) is 0 Å². The average molecular weight is 301 g/mol. The predicted octanol–water partition coefficient (Wildman–Crippen LogP) is 6.38. The van der Waals surface area contributed by atoms with Gasteiger partial charge in [-0.1, -0.05) is 53.4 Å². The van der Waals surface area contributed by atoms with Crippen molar-refractivity contribution in [3.8, 4) is 0 Å². The second-order valence-corrected chi connectivity index (χ2v) is 7.08. The van der Waals surface area contributed by atoms with Crippen LogP contribution in [-0.2, 0) is 38.5 Å². The predicted molar refractivity (Wildman–Crippen MR) is 99.1 cm³/mol. The smallest absolute Gasteiger partial charge is 0.0273 e. The van der Waals surface area contributed by atoms with Crippen LogP contribution in [0.15, 0.2) is 0 Å². The fourth-order valence-electron chi connectivity index (χ4n) is 4.51. The molecule has 22 heavy (non-hydrogen) atoms. The van der Waals surface area contributed by atoms with Crippen molar-refractivity contribution in [3.63, 3.8) is 0 Å². The zero-order chi connectivity index (χ0) is 15.9. The summed E-state index contributed by atoms with van der Waals surface area (Å²) in [4.78, 5) is 0. The standard InChI is InChI=1S/C22H36/c1-5-11-17-18(12-6-2)20(14-8-4)22-16-10-9-15-21(22)19(17)13-7-3/h5-16H2,1-4H3. The number of fused-ring (bicyclic) bond motifs is 1. The summed E-state index contributed by atoms with van der Waals surface area (Å²) in [5.41, 5.74) is 10.7. The molecular formula is C22H36. The van der Waals surface area contributed by atoms with Crippen LogP contribution >= 0.6 is 0 Å². The van der Waals surface area contributed by atoms with E-state index >= 15 is 0 Å². The van der Waals surface area contributed by atoms with Crippen LogP contribution in [0.2, 0.25) is 0 Å². The van der Waals surface area contributed by atoms with E-state index in [1.807, 2.05) is 0 Å². The lowest BCUT2D eigenvalue weighted by Crippen LogP contribution is -2.17. The first kappa shape index (κ1) is 17.6. The number of hydrogen-bond donors (Lipinski definition) is 0. The Hall–Kier alpha value is -0.780. The van der Waals surface area contributed by atoms with E-state index in [0.717, 1.165) is 0 Å². The minimum Gasteiger partial charge on any atom is -0.0651 e. The lowest BCUT2D eigenvalue weighted by Gasteiger charge is -2.29. The summed E-state index contributed by atoms with van der Waals surface area (Å²) in [6.45, 7) is 9.41. The topological polar surface area (TPSA) is 0 Å². The fourth-order valence-corrected chi connectivity index (χ4v) is 4.51. The van der Waals surface area contributed by atoms with Crippen molar-refractivity contribution in [3.05, 3.63) is 33.4 Å². The van der Waals surface area contributed by atoms with Crippen molar-refractivity contribution in [2.45, 2.75) is 105 Å². The first-order chi connectivity index (χ1) is 10.8. The molecule has 1 aromatic carbocycles. The molecule has 124 valence electrons. The number of benzene rings is 1. The van der Waals surface area contributed by atoms with Crippen LogP contribution in [-0.4, -0.2) is 0 Å². The Kier molecular flexibility index (Phi) is 6.99. The largest absolute Gasteiger partial charge is 0.0651 e. The molecule has 0 atom stereocenters. The minimum absolute atomic E-state index is 1.29. The van der Waals surface area contributed by atoms with E-state index in [1.54, 1.807) is 33.4 Å². The Morgan fingerprint density at radius 1 is 0.500 bits per heavy atom. The zero-order valence-electron chi connectivity index (χ0n) is 15.5. The number of hydrogen-bond acceptors (Lipinski definition) is 0. The second kappa shape index (κ2) is 8.75. The maximum absolute atomic E-state index is 2.35. The van der Waals surface area contributed by atoms with Gasteiger partial charge in [-0.3, -0.25) is 0 Å². The Bertz CT molecular complexity index is 437. The van der Waals surface area contributed by atoms with Gasteiger partial charge in [-0.2, -0.15) is 0 Å². The van der Waals surface area contributed by atoms with Gasteiger partial charge >= 0.3 is 0 Å². The molecule has 0 aliphatic heterocycles. The molecule has 2 rings (SSSR count). The van der Waals surface area contributed by atoms with Gasteiger partial charge in [0.05, 0.1) is 0 Å². The summed E-state index contributed by atoms with van der Waals surface area (Å²) in [5.74, 6) is 0. The van der Waals surface area contributed by atoms with Gasteiger partial charge < -0.3 is 0 Å². The first-order valence-corrected chi connectivity index (χ1v) is 9.95. The van der Waals surface area contributed by atoms with Crippen LogP contribution in [0, 0.1) is 0 Å². The van der Waals surface area contributed by atoms with Gasteiger partial charge in [-0.05, 0) is 84.7 Å². The van der Waals surface area contributed by atoms with E-state index in [1.165, 1.54) is 77.0 Å². The Labute approximate surface area is 138 Å². The average Bonchev–Trinajstić information content (AvgIpc) is 2.54. The highest BCUT2D eigenvalue weighted by atomic mass is 14.3. The third kappa shape index (κ3) is 3.58. The molecule has 0 radical (unpaired) electrons. The van der Waals surface area contributed by atoms with Crippen LogP contribution < -0.4 is 0 Å². The maximum Gasteiger partial charge on any atom is -0.0273 e. The molecule has 0 unspecified atom stereocenters. The first-order valence-electron chi connectivity index (χ1n) is 9.95. The van der Waals surface area contributed by atoms with Gasteiger partial charge in [-0.15, -0.1) is 0 Å². The molecule has 1 aromatic rings. The molecular weight excluding hydrogens is 264 g/mol. The Balaban J connectivity index is 2.67. The van der Waals surface area contributed by atoms with Crippen LogP contribution in [0.5, 0.6) is 0 Å². The lowest BCUT2D eigenvalue weighted by molar-refractivity contribution is 0.656. The molecule has 0 fully saturated rings. The molecule has 0 saturated carbocycles. The van der Waals surface area contributed by atoms with Crippen LogP contribution in [0.1, 0.15) is 99.6 Å². The molecule has 0 N–H and O–H groups in total. The lowest BCUT2D eigenvalue weighted by atomic mass is 9.76. The molecule has 0 bridgehead atoms. The molecule has 0 heteroatoms. The van der Waals surface area contributed by atoms with Gasteiger partial charge in [0.2, 0.25) is 0 Å². The SMILES string of the molecule is CCCc1c(CCC)c(CCC)c2c(c1CCC)CCCC2. The van der Waals surface area contributed by atoms with Crippen molar-refractivity contribution in [1.29, 1.82) is 0 Å². The highest BCUT2D eigenvalue weighted by Crippen LogP contribution is 2.36. The summed E-state index contributed by atoms with van der Waals surface area (Å²) in [6.07, 6.45) is 15.9. The van der Waals surface area contributed by atoms with Gasteiger partial charge in [-0.25, -0.2) is 0 Å². The van der Waals surface area contributed by atoms with Crippen LogP contribution in [0.4, 0.5) is 0 Å². The Morgan fingerprint density at radius 3 is 1.14 bits per heavy atom. The maximum atomic E-state index is 2.35. The Morgan fingerprint density at radius 2 is 0.818 bits per heavy atom. The van der Waals surface area contributed by atoms with Crippen LogP contribution in [0.25, 0.3) is 0 Å². The zero-order valence-corrected chi connectivity index (χ0v) is 15.5. The van der Waals surface area contributed by atoms with E-state index in [-0.39, 0.29) is 0 Å². The number of rotatable bonds is 8. The normalized spacial score (nSPS) is 14.2. The highest BCUT2D eigenvalue weighted by Gasteiger charge is 2.23. The van der Waals surface area contributed by atoms with E-state index in [9.17, 15) is 0 Å². The molecule has 0 saturated heterocycles. The van der Waals surface area contributed by atoms with Crippen molar-refractivity contribution < 1.29 is 0 Å². The molecule has 0 amide bonds. The van der Waals surface area contributed by atoms with Crippen molar-refractivity contribution in [2.75, 3.05) is 0 Å². The third-order valence-electron chi connectivity index (χ3n) is 5.29. The van der Waals surface area contributed by atoms with Gasteiger partial charge in [0.1, 0.15) is 0 Å². The van der Waals surface area contributed by atoms with Crippen LogP contribution in [0.3, 0.4) is 0 Å². The van der Waals surface area contributed by atoms with Gasteiger partial charge in [0, 0.05) is 0 Å². The summed E-state index contributed by atoms with van der Waals surface area (Å²) >= 11 is 0. The molecule has 1 aliphatic carbocycles. The van der Waals surface area contributed by atoms with Gasteiger partial charge in [0.15, 0.2) is 0 Å². The summed E-state index contributed by atoms with van der Waals surface area (Å²) < 4.78 is 0.